The molecule has 0 saturated carbocycles. The zero-order valence-corrected chi connectivity index (χ0v) is 9.31. The Morgan fingerprint density at radius 1 is 1.44 bits per heavy atom. The molecule has 84 valence electrons. The highest BCUT2D eigenvalue weighted by atomic mass is 16.3. The molecule has 4 nitrogen and oxygen atoms in total. The van der Waals surface area contributed by atoms with E-state index in [-0.39, 0.29) is 5.91 Å². The first-order valence-electron chi connectivity index (χ1n) is 5.10. The Bertz CT molecular complexity index is 516. The van der Waals surface area contributed by atoms with E-state index in [9.17, 15) is 4.79 Å². The summed E-state index contributed by atoms with van der Waals surface area (Å²) in [5, 5.41) is 0.916. The van der Waals surface area contributed by atoms with Gasteiger partial charge in [0.05, 0.1) is 11.7 Å². The van der Waals surface area contributed by atoms with Crippen molar-refractivity contribution in [1.29, 1.82) is 0 Å². The monoisotopic (exact) mass is 218 g/mol. The lowest BCUT2D eigenvalue weighted by atomic mass is 10.2. The summed E-state index contributed by atoms with van der Waals surface area (Å²) in [6, 6.07) is 7.06. The molecule has 1 atom stereocenters. The summed E-state index contributed by atoms with van der Waals surface area (Å²) in [4.78, 5) is 13.3. The maximum atomic E-state index is 11.7. The van der Waals surface area contributed by atoms with E-state index in [1.165, 1.54) is 4.90 Å². The van der Waals surface area contributed by atoms with E-state index in [1.54, 1.807) is 20.2 Å². The van der Waals surface area contributed by atoms with Gasteiger partial charge in [0.15, 0.2) is 0 Å². The van der Waals surface area contributed by atoms with Crippen molar-refractivity contribution in [3.63, 3.8) is 0 Å². The molecule has 2 rings (SSSR count). The van der Waals surface area contributed by atoms with Gasteiger partial charge in [-0.3, -0.25) is 4.79 Å². The molecule has 0 saturated heterocycles. The molecule has 0 aliphatic carbocycles. The number of rotatable bonds is 2. The largest absolute Gasteiger partial charge is 0.462 e. The highest BCUT2D eigenvalue weighted by Gasteiger charge is 2.18. The van der Waals surface area contributed by atoms with Gasteiger partial charge < -0.3 is 15.1 Å². The second-order valence-electron chi connectivity index (χ2n) is 3.80. The highest BCUT2D eigenvalue weighted by Crippen LogP contribution is 2.28. The number of benzene rings is 1. The van der Waals surface area contributed by atoms with Crippen LogP contribution in [-0.2, 0) is 4.79 Å². The van der Waals surface area contributed by atoms with E-state index in [0.717, 1.165) is 16.7 Å². The van der Waals surface area contributed by atoms with E-state index < -0.39 is 6.04 Å². The number of furan rings is 1. The van der Waals surface area contributed by atoms with Gasteiger partial charge in [-0.05, 0) is 19.1 Å². The van der Waals surface area contributed by atoms with Crippen LogP contribution in [0.3, 0.4) is 0 Å². The predicted molar refractivity (Wildman–Crippen MR) is 63.3 cm³/mol. The number of para-hydroxylation sites is 1. The van der Waals surface area contributed by atoms with Crippen LogP contribution in [-0.4, -0.2) is 19.0 Å². The summed E-state index contributed by atoms with van der Waals surface area (Å²) in [6.45, 7) is 1.67. The van der Waals surface area contributed by atoms with Gasteiger partial charge in [0.1, 0.15) is 11.8 Å². The van der Waals surface area contributed by atoms with E-state index in [4.69, 9.17) is 10.2 Å². The first-order valence-corrected chi connectivity index (χ1v) is 5.10. The zero-order chi connectivity index (χ0) is 11.7. The number of likely N-dealkylation sites (N-methyl/N-ethyl adjacent to an activating group) is 1. The van der Waals surface area contributed by atoms with Crippen LogP contribution in [0.4, 0.5) is 5.69 Å². The van der Waals surface area contributed by atoms with Crippen molar-refractivity contribution in [1.82, 2.24) is 0 Å². The molecule has 1 aromatic carbocycles. The molecule has 4 heteroatoms. The third-order valence-corrected chi connectivity index (χ3v) is 2.54. The summed E-state index contributed by atoms with van der Waals surface area (Å²) in [5.74, 6) is -0.133. The number of carbonyl (C=O) groups excluding carboxylic acids is 1. The Labute approximate surface area is 93.6 Å². The maximum absolute atomic E-state index is 11.7. The topological polar surface area (TPSA) is 59.5 Å². The fourth-order valence-corrected chi connectivity index (χ4v) is 1.65. The third kappa shape index (κ3) is 1.67. The van der Waals surface area contributed by atoms with Crippen LogP contribution in [0.15, 0.2) is 34.9 Å². The van der Waals surface area contributed by atoms with Gasteiger partial charge in [-0.2, -0.15) is 0 Å². The lowest BCUT2D eigenvalue weighted by molar-refractivity contribution is -0.119. The van der Waals surface area contributed by atoms with Crippen LogP contribution in [0, 0.1) is 0 Å². The van der Waals surface area contributed by atoms with Crippen molar-refractivity contribution >= 4 is 22.6 Å². The molecule has 2 aromatic rings. The summed E-state index contributed by atoms with van der Waals surface area (Å²) in [5.41, 5.74) is 7.08. The van der Waals surface area contributed by atoms with E-state index >= 15 is 0 Å². The first kappa shape index (κ1) is 10.7. The minimum atomic E-state index is -0.515. The van der Waals surface area contributed by atoms with Gasteiger partial charge in [-0.1, -0.05) is 12.1 Å². The molecule has 2 N–H and O–H groups in total. The molecule has 16 heavy (non-hydrogen) atoms. The van der Waals surface area contributed by atoms with E-state index in [2.05, 4.69) is 0 Å². The standard InChI is InChI=1S/C12H14N2O2/c1-8(13)12(15)14(2)10-7-16-11-6-4-3-5-9(10)11/h3-8H,13H2,1-2H3. The van der Waals surface area contributed by atoms with Crippen LogP contribution >= 0.6 is 0 Å². The average Bonchev–Trinajstić information content (AvgIpc) is 2.70. The van der Waals surface area contributed by atoms with Crippen molar-refractivity contribution in [2.75, 3.05) is 11.9 Å². The average molecular weight is 218 g/mol. The molecule has 0 bridgehead atoms. The lowest BCUT2D eigenvalue weighted by Gasteiger charge is -2.17. The van der Waals surface area contributed by atoms with Crippen molar-refractivity contribution < 1.29 is 9.21 Å². The second-order valence-corrected chi connectivity index (χ2v) is 3.80. The fraction of sp³-hybridized carbons (Fsp3) is 0.250. The maximum Gasteiger partial charge on any atom is 0.243 e. The van der Waals surface area contributed by atoms with Gasteiger partial charge >= 0.3 is 0 Å². The molecule has 1 amide bonds. The highest BCUT2D eigenvalue weighted by molar-refractivity contribution is 6.03. The molecule has 1 unspecified atom stereocenters. The van der Waals surface area contributed by atoms with Crippen LogP contribution < -0.4 is 10.6 Å². The predicted octanol–water partition coefficient (Wildman–Crippen LogP) is 1.74. The number of nitrogens with zero attached hydrogens (tertiary/aromatic N) is 1. The molecule has 0 radical (unpaired) electrons. The number of carbonyl (C=O) groups is 1. The second kappa shape index (κ2) is 3.98. The molecule has 1 aromatic heterocycles. The van der Waals surface area contributed by atoms with Crippen LogP contribution in [0.25, 0.3) is 11.0 Å². The normalized spacial score (nSPS) is 12.7. The molecule has 0 aliphatic heterocycles. The van der Waals surface area contributed by atoms with Gasteiger partial charge in [0.25, 0.3) is 0 Å². The van der Waals surface area contributed by atoms with E-state index in [0.29, 0.717) is 0 Å². The number of hydrogen-bond acceptors (Lipinski definition) is 3. The SMILES string of the molecule is CC(N)C(=O)N(C)c1coc2ccccc12. The smallest absolute Gasteiger partial charge is 0.243 e. The van der Waals surface area contributed by atoms with Crippen LogP contribution in [0.1, 0.15) is 6.92 Å². The third-order valence-electron chi connectivity index (χ3n) is 2.54. The lowest BCUT2D eigenvalue weighted by Crippen LogP contribution is -2.39. The zero-order valence-electron chi connectivity index (χ0n) is 9.31. The van der Waals surface area contributed by atoms with Gasteiger partial charge in [0, 0.05) is 12.4 Å². The molecule has 0 spiro atoms. The summed E-state index contributed by atoms with van der Waals surface area (Å²) in [7, 11) is 1.70. The molecule has 0 fully saturated rings. The minimum Gasteiger partial charge on any atom is -0.462 e. The fourth-order valence-electron chi connectivity index (χ4n) is 1.65. The Kier molecular flexibility index (Phi) is 2.66. The van der Waals surface area contributed by atoms with Crippen LogP contribution in [0.5, 0.6) is 0 Å². The van der Waals surface area contributed by atoms with Gasteiger partial charge in [-0.15, -0.1) is 0 Å². The first-order chi connectivity index (χ1) is 7.61. The summed E-state index contributed by atoms with van der Waals surface area (Å²) in [6.07, 6.45) is 1.57. The van der Waals surface area contributed by atoms with Crippen molar-refractivity contribution in [2.24, 2.45) is 5.73 Å². The van der Waals surface area contributed by atoms with Gasteiger partial charge in [-0.25, -0.2) is 0 Å². The van der Waals surface area contributed by atoms with Crippen molar-refractivity contribution in [3.05, 3.63) is 30.5 Å². The van der Waals surface area contributed by atoms with Crippen molar-refractivity contribution in [3.8, 4) is 0 Å². The number of fused-ring (bicyclic) bond motifs is 1. The Hall–Kier alpha value is -1.81. The van der Waals surface area contributed by atoms with Gasteiger partial charge in [0.2, 0.25) is 5.91 Å². The quantitative estimate of drug-likeness (QED) is 0.835. The molecular formula is C12H14N2O2. The molecular weight excluding hydrogens is 204 g/mol. The van der Waals surface area contributed by atoms with Crippen molar-refractivity contribution in [2.45, 2.75) is 13.0 Å². The Balaban J connectivity index is 2.44. The Morgan fingerprint density at radius 2 is 2.12 bits per heavy atom. The Morgan fingerprint density at radius 3 is 2.81 bits per heavy atom. The number of nitrogens with two attached hydrogens (primary N) is 1. The van der Waals surface area contributed by atoms with E-state index in [1.807, 2.05) is 24.3 Å². The minimum absolute atomic E-state index is 0.133. The summed E-state index contributed by atoms with van der Waals surface area (Å²) >= 11 is 0. The molecule has 1 heterocycles. The van der Waals surface area contributed by atoms with Crippen LogP contribution in [0.2, 0.25) is 0 Å². The summed E-state index contributed by atoms with van der Waals surface area (Å²) < 4.78 is 5.37. The molecule has 0 aliphatic rings. The number of anilines is 1. The number of hydrogen-bond donors (Lipinski definition) is 1. The number of amides is 1.